The molecule has 0 unspecified atom stereocenters. The fourth-order valence-electron chi connectivity index (χ4n) is 2.78. The third kappa shape index (κ3) is 6.34. The van der Waals surface area contributed by atoms with Crippen LogP contribution in [0.15, 0.2) is 41.8 Å². The third-order valence-corrected chi connectivity index (χ3v) is 5.44. The van der Waals surface area contributed by atoms with E-state index in [1.165, 1.54) is 12.1 Å². The fourth-order valence-corrected chi connectivity index (χ4v) is 3.50. The van der Waals surface area contributed by atoms with E-state index in [0.29, 0.717) is 19.6 Å². The average Bonchev–Trinajstić information content (AvgIpc) is 3.19. The zero-order valence-electron chi connectivity index (χ0n) is 16.7. The van der Waals surface area contributed by atoms with Gasteiger partial charge in [0.15, 0.2) is 0 Å². The highest BCUT2D eigenvalue weighted by atomic mass is 32.1. The lowest BCUT2D eigenvalue weighted by Crippen LogP contribution is -2.50. The second-order valence-corrected chi connectivity index (χ2v) is 7.71. The number of nitrogens with zero attached hydrogens (tertiary/aromatic N) is 2. The van der Waals surface area contributed by atoms with Gasteiger partial charge in [-0.05, 0) is 49.4 Å². The van der Waals surface area contributed by atoms with E-state index in [1.54, 1.807) is 33.3 Å². The van der Waals surface area contributed by atoms with Crippen LogP contribution in [0.1, 0.15) is 37.6 Å². The van der Waals surface area contributed by atoms with E-state index >= 15 is 0 Å². The summed E-state index contributed by atoms with van der Waals surface area (Å²) in [6.45, 7) is 7.11. The number of halogens is 1. The summed E-state index contributed by atoms with van der Waals surface area (Å²) in [4.78, 5) is 29.9. The zero-order chi connectivity index (χ0) is 20.5. The Hall–Kier alpha value is -2.41. The smallest absolute Gasteiger partial charge is 0.318 e. The van der Waals surface area contributed by atoms with E-state index in [9.17, 15) is 14.0 Å². The van der Waals surface area contributed by atoms with Crippen molar-refractivity contribution in [2.45, 2.75) is 46.3 Å². The molecule has 2 aromatic rings. The second kappa shape index (κ2) is 10.8. The van der Waals surface area contributed by atoms with Crippen molar-refractivity contribution in [1.82, 2.24) is 15.1 Å². The molecule has 0 radical (unpaired) electrons. The van der Waals surface area contributed by atoms with Crippen LogP contribution < -0.4 is 5.32 Å². The summed E-state index contributed by atoms with van der Waals surface area (Å²) >= 11 is 1.58. The highest BCUT2D eigenvalue weighted by Gasteiger charge is 2.24. The molecule has 5 nitrogen and oxygen atoms in total. The van der Waals surface area contributed by atoms with Crippen molar-refractivity contribution in [2.75, 3.05) is 13.1 Å². The molecule has 0 aliphatic carbocycles. The number of carbonyl (C=O) groups excluding carboxylic acids is 2. The van der Waals surface area contributed by atoms with Crippen molar-refractivity contribution in [1.29, 1.82) is 0 Å². The molecule has 3 amide bonds. The van der Waals surface area contributed by atoms with Gasteiger partial charge in [-0.1, -0.05) is 25.1 Å². The van der Waals surface area contributed by atoms with E-state index in [-0.39, 0.29) is 30.3 Å². The number of hydrogen-bond acceptors (Lipinski definition) is 3. The number of rotatable bonds is 9. The topological polar surface area (TPSA) is 52.7 Å². The third-order valence-electron chi connectivity index (χ3n) is 4.58. The monoisotopic (exact) mass is 405 g/mol. The Kier molecular flexibility index (Phi) is 8.44. The molecule has 1 heterocycles. The van der Waals surface area contributed by atoms with Crippen LogP contribution in [0.2, 0.25) is 0 Å². The molecule has 0 bridgehead atoms. The average molecular weight is 406 g/mol. The predicted octanol–water partition coefficient (Wildman–Crippen LogP) is 4.25. The first-order valence-corrected chi connectivity index (χ1v) is 10.4. The molecule has 152 valence electrons. The number of hydrogen-bond donors (Lipinski definition) is 1. The maximum Gasteiger partial charge on any atom is 0.318 e. The normalized spacial score (nSPS) is 11.7. The van der Waals surface area contributed by atoms with Crippen molar-refractivity contribution in [2.24, 2.45) is 0 Å². The van der Waals surface area contributed by atoms with Crippen LogP contribution >= 0.6 is 11.3 Å². The van der Waals surface area contributed by atoms with Gasteiger partial charge in [0.1, 0.15) is 12.4 Å². The standard InChI is InChI=1S/C21H28FN3O2S/c1-4-16(3)25(21(27)23-5-2)15-20(26)24(14-19-7-6-12-28-19)13-17-8-10-18(22)11-9-17/h6-12,16H,4-5,13-15H2,1-3H3,(H,23,27)/t16-/m1/s1. The van der Waals surface area contributed by atoms with Crippen LogP contribution in [0.3, 0.4) is 0 Å². The molecule has 1 aromatic carbocycles. The number of benzene rings is 1. The molecule has 0 spiro atoms. The number of urea groups is 1. The lowest BCUT2D eigenvalue weighted by atomic mass is 10.2. The Morgan fingerprint density at radius 1 is 1.14 bits per heavy atom. The number of carbonyl (C=O) groups is 2. The summed E-state index contributed by atoms with van der Waals surface area (Å²) in [5, 5.41) is 4.75. The number of amides is 3. The van der Waals surface area contributed by atoms with Gasteiger partial charge in [-0.3, -0.25) is 4.79 Å². The van der Waals surface area contributed by atoms with Gasteiger partial charge in [-0.15, -0.1) is 11.3 Å². The molecule has 28 heavy (non-hydrogen) atoms. The van der Waals surface area contributed by atoms with Crippen molar-refractivity contribution in [3.8, 4) is 0 Å². The summed E-state index contributed by atoms with van der Waals surface area (Å²) in [5.74, 6) is -0.441. The first-order valence-electron chi connectivity index (χ1n) is 9.53. The van der Waals surface area contributed by atoms with Gasteiger partial charge in [-0.2, -0.15) is 0 Å². The molecule has 0 fully saturated rings. The molecule has 2 rings (SSSR count). The summed E-state index contributed by atoms with van der Waals surface area (Å²) in [6.07, 6.45) is 0.757. The first kappa shape index (κ1) is 21.9. The van der Waals surface area contributed by atoms with Gasteiger partial charge in [0, 0.05) is 24.0 Å². The quantitative estimate of drug-likeness (QED) is 0.678. The summed E-state index contributed by atoms with van der Waals surface area (Å²) < 4.78 is 13.2. The number of nitrogens with one attached hydrogen (secondary N) is 1. The predicted molar refractivity (Wildman–Crippen MR) is 111 cm³/mol. The van der Waals surface area contributed by atoms with Gasteiger partial charge in [0.05, 0.1) is 6.54 Å². The minimum atomic E-state index is -0.306. The van der Waals surface area contributed by atoms with E-state index < -0.39 is 0 Å². The van der Waals surface area contributed by atoms with Crippen LogP contribution in [0.5, 0.6) is 0 Å². The molecular weight excluding hydrogens is 377 g/mol. The lowest BCUT2D eigenvalue weighted by molar-refractivity contribution is -0.133. The highest BCUT2D eigenvalue weighted by molar-refractivity contribution is 7.09. The Balaban J connectivity index is 2.18. The molecule has 0 aliphatic rings. The van der Waals surface area contributed by atoms with Crippen molar-refractivity contribution >= 4 is 23.3 Å². The molecule has 7 heteroatoms. The SMILES string of the molecule is CCNC(=O)N(CC(=O)N(Cc1ccc(F)cc1)Cc1cccs1)[C@H](C)CC. The Morgan fingerprint density at radius 3 is 2.43 bits per heavy atom. The van der Waals surface area contributed by atoms with E-state index in [1.807, 2.05) is 38.3 Å². The molecule has 0 aliphatic heterocycles. The minimum absolute atomic E-state index is 0.00735. The summed E-state index contributed by atoms with van der Waals surface area (Å²) in [6, 6.07) is 9.78. The van der Waals surface area contributed by atoms with Crippen molar-refractivity contribution in [3.63, 3.8) is 0 Å². The maximum absolute atomic E-state index is 13.2. The van der Waals surface area contributed by atoms with E-state index in [2.05, 4.69) is 5.32 Å². The second-order valence-electron chi connectivity index (χ2n) is 6.68. The van der Waals surface area contributed by atoms with Crippen LogP contribution in [0.25, 0.3) is 0 Å². The molecule has 0 saturated carbocycles. The van der Waals surface area contributed by atoms with Crippen LogP contribution in [-0.4, -0.2) is 40.9 Å². The van der Waals surface area contributed by atoms with Crippen LogP contribution in [0, 0.1) is 5.82 Å². The minimum Gasteiger partial charge on any atom is -0.338 e. The van der Waals surface area contributed by atoms with E-state index in [4.69, 9.17) is 0 Å². The van der Waals surface area contributed by atoms with Gasteiger partial charge >= 0.3 is 6.03 Å². The maximum atomic E-state index is 13.2. The number of thiophene rings is 1. The Morgan fingerprint density at radius 2 is 1.86 bits per heavy atom. The van der Waals surface area contributed by atoms with Gasteiger partial charge < -0.3 is 15.1 Å². The van der Waals surface area contributed by atoms with Crippen molar-refractivity contribution in [3.05, 3.63) is 58.0 Å². The molecule has 1 aromatic heterocycles. The fraction of sp³-hybridized carbons (Fsp3) is 0.429. The molecule has 1 N–H and O–H groups in total. The molecular formula is C21H28FN3O2S. The van der Waals surface area contributed by atoms with Crippen molar-refractivity contribution < 1.29 is 14.0 Å². The molecule has 1 atom stereocenters. The zero-order valence-corrected chi connectivity index (χ0v) is 17.5. The Labute approximate surface area is 170 Å². The van der Waals surface area contributed by atoms with Crippen LogP contribution in [0.4, 0.5) is 9.18 Å². The van der Waals surface area contributed by atoms with Crippen LogP contribution in [-0.2, 0) is 17.9 Å². The molecule has 0 saturated heterocycles. The van der Waals surface area contributed by atoms with Gasteiger partial charge in [0.25, 0.3) is 0 Å². The Bertz CT molecular complexity index is 750. The van der Waals surface area contributed by atoms with Gasteiger partial charge in [0.2, 0.25) is 5.91 Å². The summed E-state index contributed by atoms with van der Waals surface area (Å²) in [7, 11) is 0. The largest absolute Gasteiger partial charge is 0.338 e. The first-order chi connectivity index (χ1) is 13.4. The summed E-state index contributed by atoms with van der Waals surface area (Å²) in [5.41, 5.74) is 0.847. The lowest BCUT2D eigenvalue weighted by Gasteiger charge is -2.31. The highest BCUT2D eigenvalue weighted by Crippen LogP contribution is 2.16. The van der Waals surface area contributed by atoms with E-state index in [0.717, 1.165) is 16.9 Å². The van der Waals surface area contributed by atoms with Gasteiger partial charge in [-0.25, -0.2) is 9.18 Å².